The Bertz CT molecular complexity index is 292. The molecule has 1 N–H and O–H groups in total. The van der Waals surface area contributed by atoms with Gasteiger partial charge in [0.15, 0.2) is 0 Å². The molecule has 0 amide bonds. The highest BCUT2D eigenvalue weighted by atomic mass is 79.9. The van der Waals surface area contributed by atoms with Gasteiger partial charge in [-0.25, -0.2) is 4.39 Å². The van der Waals surface area contributed by atoms with E-state index < -0.39 is 0 Å². The van der Waals surface area contributed by atoms with Crippen molar-refractivity contribution in [3.63, 3.8) is 0 Å². The van der Waals surface area contributed by atoms with Gasteiger partial charge in [-0.05, 0) is 24.6 Å². The van der Waals surface area contributed by atoms with Crippen molar-refractivity contribution in [2.24, 2.45) is 5.10 Å². The fourth-order valence-corrected chi connectivity index (χ4v) is 1.30. The molecule has 0 bridgehead atoms. The number of anilines is 1. The molecule has 0 heterocycles. The molecular weight excluding hydrogens is 235 g/mol. The largest absolute Gasteiger partial charge is 0.279 e. The van der Waals surface area contributed by atoms with Crippen LogP contribution in [-0.4, -0.2) is 6.21 Å². The lowest BCUT2D eigenvalue weighted by atomic mass is 10.3. The number of rotatable bonds is 3. The van der Waals surface area contributed by atoms with Crippen LogP contribution in [0.4, 0.5) is 10.1 Å². The van der Waals surface area contributed by atoms with E-state index in [-0.39, 0.29) is 5.82 Å². The van der Waals surface area contributed by atoms with E-state index in [4.69, 9.17) is 0 Å². The third-order valence-electron chi connectivity index (χ3n) is 1.33. The number of benzene rings is 1. The molecule has 0 spiro atoms. The van der Waals surface area contributed by atoms with Crippen molar-refractivity contribution in [3.8, 4) is 0 Å². The molecule has 0 unspecified atom stereocenters. The molecule has 0 aliphatic rings. The fourth-order valence-electron chi connectivity index (χ4n) is 0.830. The number of nitrogens with zero attached hydrogens (tertiary/aromatic N) is 1. The van der Waals surface area contributed by atoms with Crippen LogP contribution in [0.2, 0.25) is 0 Å². The van der Waals surface area contributed by atoms with Crippen LogP contribution in [0.1, 0.15) is 13.3 Å². The Labute approximate surface area is 85.0 Å². The predicted molar refractivity (Wildman–Crippen MR) is 56.5 cm³/mol. The number of halogens is 2. The average molecular weight is 245 g/mol. The lowest BCUT2D eigenvalue weighted by molar-refractivity contribution is 0.627. The highest BCUT2D eigenvalue weighted by molar-refractivity contribution is 9.10. The van der Waals surface area contributed by atoms with Crippen LogP contribution in [0.5, 0.6) is 0 Å². The maximum Gasteiger partial charge on any atom is 0.126 e. The number of hydrazone groups is 1. The standard InChI is InChI=1S/C9H10BrFN2/c1-2-3-12-13-9-5-7(10)4-8(11)6-9/h3-6,13H,2H2,1H3. The highest BCUT2D eigenvalue weighted by Crippen LogP contribution is 2.18. The first-order valence-corrected chi connectivity index (χ1v) is 4.75. The van der Waals surface area contributed by atoms with Gasteiger partial charge in [-0.3, -0.25) is 5.43 Å². The van der Waals surface area contributed by atoms with E-state index in [1.807, 2.05) is 6.92 Å². The summed E-state index contributed by atoms with van der Waals surface area (Å²) >= 11 is 3.19. The van der Waals surface area contributed by atoms with Gasteiger partial charge in [-0.1, -0.05) is 22.9 Å². The first kappa shape index (κ1) is 10.2. The predicted octanol–water partition coefficient (Wildman–Crippen LogP) is 3.40. The quantitative estimate of drug-likeness (QED) is 0.640. The van der Waals surface area contributed by atoms with Gasteiger partial charge in [0.2, 0.25) is 0 Å². The van der Waals surface area contributed by atoms with E-state index in [9.17, 15) is 4.39 Å². The minimum atomic E-state index is -0.288. The Kier molecular flexibility index (Phi) is 3.89. The molecule has 0 atom stereocenters. The van der Waals surface area contributed by atoms with Crippen LogP contribution in [-0.2, 0) is 0 Å². The Morgan fingerprint density at radius 1 is 1.54 bits per heavy atom. The van der Waals surface area contributed by atoms with Gasteiger partial charge in [-0.2, -0.15) is 5.10 Å². The molecule has 4 heteroatoms. The highest BCUT2D eigenvalue weighted by Gasteiger charge is 1.96. The third kappa shape index (κ3) is 3.55. The van der Waals surface area contributed by atoms with Crippen LogP contribution in [0.3, 0.4) is 0 Å². The van der Waals surface area contributed by atoms with Crippen LogP contribution < -0.4 is 5.43 Å². The van der Waals surface area contributed by atoms with Crippen molar-refractivity contribution >= 4 is 27.8 Å². The van der Waals surface area contributed by atoms with Gasteiger partial charge < -0.3 is 0 Å². The first-order valence-electron chi connectivity index (χ1n) is 3.96. The van der Waals surface area contributed by atoms with Crippen LogP contribution in [0.25, 0.3) is 0 Å². The van der Waals surface area contributed by atoms with Crippen LogP contribution in [0, 0.1) is 5.82 Å². The Morgan fingerprint density at radius 2 is 2.31 bits per heavy atom. The molecule has 0 saturated carbocycles. The van der Waals surface area contributed by atoms with E-state index in [1.165, 1.54) is 12.1 Å². The number of hydrogen-bond acceptors (Lipinski definition) is 2. The fraction of sp³-hybridized carbons (Fsp3) is 0.222. The minimum absolute atomic E-state index is 0.288. The maximum absolute atomic E-state index is 12.8. The Balaban J connectivity index is 2.71. The summed E-state index contributed by atoms with van der Waals surface area (Å²) in [4.78, 5) is 0. The number of nitrogens with one attached hydrogen (secondary N) is 1. The maximum atomic E-state index is 12.8. The molecule has 70 valence electrons. The first-order chi connectivity index (χ1) is 6.22. The van der Waals surface area contributed by atoms with E-state index in [0.29, 0.717) is 10.2 Å². The molecule has 1 aromatic carbocycles. The van der Waals surface area contributed by atoms with E-state index in [0.717, 1.165) is 6.42 Å². The van der Waals surface area contributed by atoms with Gasteiger partial charge in [-0.15, -0.1) is 0 Å². The van der Waals surface area contributed by atoms with E-state index in [2.05, 4.69) is 26.5 Å². The molecule has 0 aliphatic heterocycles. The van der Waals surface area contributed by atoms with Crippen molar-refractivity contribution in [1.29, 1.82) is 0 Å². The second-order valence-corrected chi connectivity index (χ2v) is 3.41. The second-order valence-electron chi connectivity index (χ2n) is 2.49. The Hall–Kier alpha value is -0.900. The zero-order chi connectivity index (χ0) is 9.68. The summed E-state index contributed by atoms with van der Waals surface area (Å²) < 4.78 is 13.5. The molecule has 0 saturated heterocycles. The van der Waals surface area contributed by atoms with Crippen LogP contribution >= 0.6 is 15.9 Å². The summed E-state index contributed by atoms with van der Waals surface area (Å²) in [7, 11) is 0. The molecule has 0 radical (unpaired) electrons. The van der Waals surface area contributed by atoms with E-state index in [1.54, 1.807) is 12.3 Å². The van der Waals surface area contributed by atoms with Gasteiger partial charge in [0.25, 0.3) is 0 Å². The summed E-state index contributed by atoms with van der Waals surface area (Å²) in [5.41, 5.74) is 3.36. The van der Waals surface area contributed by atoms with Crippen molar-refractivity contribution in [2.75, 3.05) is 5.43 Å². The summed E-state index contributed by atoms with van der Waals surface area (Å²) in [6, 6.07) is 4.54. The lowest BCUT2D eigenvalue weighted by Crippen LogP contribution is -1.89. The molecular formula is C9H10BrFN2. The summed E-state index contributed by atoms with van der Waals surface area (Å²) in [6.07, 6.45) is 2.57. The molecule has 0 fully saturated rings. The monoisotopic (exact) mass is 244 g/mol. The lowest BCUT2D eigenvalue weighted by Gasteiger charge is -2.00. The summed E-state index contributed by atoms with van der Waals surface area (Å²) in [6.45, 7) is 1.98. The van der Waals surface area contributed by atoms with Crippen molar-refractivity contribution in [2.45, 2.75) is 13.3 Å². The van der Waals surface area contributed by atoms with Crippen LogP contribution in [0.15, 0.2) is 27.8 Å². The molecule has 1 aromatic rings. The van der Waals surface area contributed by atoms with Gasteiger partial charge in [0.05, 0.1) is 5.69 Å². The normalized spacial score (nSPS) is 10.7. The minimum Gasteiger partial charge on any atom is -0.279 e. The van der Waals surface area contributed by atoms with Gasteiger partial charge in [0, 0.05) is 10.7 Å². The zero-order valence-corrected chi connectivity index (χ0v) is 8.81. The van der Waals surface area contributed by atoms with Gasteiger partial charge in [0.1, 0.15) is 5.82 Å². The van der Waals surface area contributed by atoms with Crippen molar-refractivity contribution < 1.29 is 4.39 Å². The molecule has 0 aromatic heterocycles. The summed E-state index contributed by atoms with van der Waals surface area (Å²) in [5, 5.41) is 3.88. The van der Waals surface area contributed by atoms with Crippen molar-refractivity contribution in [3.05, 3.63) is 28.5 Å². The average Bonchev–Trinajstić information content (AvgIpc) is 2.03. The molecule has 2 nitrogen and oxygen atoms in total. The SMILES string of the molecule is CCC=NNc1cc(F)cc(Br)c1. The molecule has 13 heavy (non-hydrogen) atoms. The molecule has 0 aliphatic carbocycles. The second kappa shape index (κ2) is 4.97. The zero-order valence-electron chi connectivity index (χ0n) is 7.22. The van der Waals surface area contributed by atoms with Gasteiger partial charge >= 0.3 is 0 Å². The summed E-state index contributed by atoms with van der Waals surface area (Å²) in [5.74, 6) is -0.288. The third-order valence-corrected chi connectivity index (χ3v) is 1.79. The van der Waals surface area contributed by atoms with Crippen molar-refractivity contribution in [1.82, 2.24) is 0 Å². The van der Waals surface area contributed by atoms with E-state index >= 15 is 0 Å². The topological polar surface area (TPSA) is 24.4 Å². The Morgan fingerprint density at radius 3 is 2.92 bits per heavy atom. The smallest absolute Gasteiger partial charge is 0.126 e. The number of hydrogen-bond donors (Lipinski definition) is 1. The molecule has 1 rings (SSSR count).